The van der Waals surface area contributed by atoms with Crippen molar-refractivity contribution in [1.82, 2.24) is 4.90 Å². The first-order chi connectivity index (χ1) is 4.67. The predicted molar refractivity (Wildman–Crippen MR) is 40.5 cm³/mol. The van der Waals surface area contributed by atoms with Crippen LogP contribution in [0, 0.1) is 11.3 Å². The van der Waals surface area contributed by atoms with Gasteiger partial charge < -0.3 is 0 Å². The molecule has 0 aromatic heterocycles. The zero-order valence-electron chi connectivity index (χ0n) is 6.72. The zero-order chi connectivity index (χ0) is 7.61. The first kappa shape index (κ1) is 7.56. The Balaban J connectivity index is 2.56. The molecular formula is C8H14N2. The molecule has 0 bridgehead atoms. The van der Waals surface area contributed by atoms with Crippen LogP contribution in [0.25, 0.3) is 0 Å². The monoisotopic (exact) mass is 138 g/mol. The van der Waals surface area contributed by atoms with E-state index < -0.39 is 0 Å². The predicted octanol–water partition coefficient (Wildman–Crippen LogP) is 1.38. The molecule has 1 aliphatic heterocycles. The van der Waals surface area contributed by atoms with Gasteiger partial charge in [-0.1, -0.05) is 0 Å². The number of nitriles is 1. The minimum Gasteiger partial charge on any atom is -0.286 e. The molecule has 2 heteroatoms. The SMILES string of the molecule is CC(C)(C#N)N1CCCC1. The maximum Gasteiger partial charge on any atom is 0.103 e. The quantitative estimate of drug-likeness (QED) is 0.547. The Bertz CT molecular complexity index is 149. The van der Waals surface area contributed by atoms with Gasteiger partial charge in [0.15, 0.2) is 0 Å². The van der Waals surface area contributed by atoms with Crippen molar-refractivity contribution in [2.45, 2.75) is 32.2 Å². The van der Waals surface area contributed by atoms with Crippen LogP contribution in [0.3, 0.4) is 0 Å². The lowest BCUT2D eigenvalue weighted by molar-refractivity contribution is 0.211. The highest BCUT2D eigenvalue weighted by Crippen LogP contribution is 2.19. The van der Waals surface area contributed by atoms with E-state index in [0.717, 1.165) is 13.1 Å². The Kier molecular flexibility index (Phi) is 1.96. The second-order valence-electron chi connectivity index (χ2n) is 3.36. The summed E-state index contributed by atoms with van der Waals surface area (Å²) in [6.07, 6.45) is 2.51. The van der Waals surface area contributed by atoms with E-state index in [4.69, 9.17) is 5.26 Å². The molecule has 1 fully saturated rings. The van der Waals surface area contributed by atoms with Crippen molar-refractivity contribution in [1.29, 1.82) is 5.26 Å². The minimum atomic E-state index is -0.240. The average molecular weight is 138 g/mol. The zero-order valence-corrected chi connectivity index (χ0v) is 6.72. The van der Waals surface area contributed by atoms with Crippen molar-refractivity contribution in [2.24, 2.45) is 0 Å². The highest BCUT2D eigenvalue weighted by atomic mass is 15.2. The molecule has 1 saturated heterocycles. The van der Waals surface area contributed by atoms with Crippen LogP contribution in [0.2, 0.25) is 0 Å². The lowest BCUT2D eigenvalue weighted by Gasteiger charge is -2.27. The minimum absolute atomic E-state index is 0.240. The molecule has 0 atom stereocenters. The lowest BCUT2D eigenvalue weighted by atomic mass is 10.1. The molecule has 1 aliphatic rings. The van der Waals surface area contributed by atoms with E-state index in [-0.39, 0.29) is 5.54 Å². The highest BCUT2D eigenvalue weighted by molar-refractivity contribution is 5.02. The number of nitrogens with zero attached hydrogens (tertiary/aromatic N) is 2. The Morgan fingerprint density at radius 3 is 2.20 bits per heavy atom. The fourth-order valence-electron chi connectivity index (χ4n) is 1.35. The molecule has 0 aromatic rings. The topological polar surface area (TPSA) is 27.0 Å². The van der Waals surface area contributed by atoms with Gasteiger partial charge in [-0.2, -0.15) is 5.26 Å². The van der Waals surface area contributed by atoms with E-state index in [1.807, 2.05) is 13.8 Å². The van der Waals surface area contributed by atoms with Crippen LogP contribution in [0.15, 0.2) is 0 Å². The molecule has 0 radical (unpaired) electrons. The number of hydrogen-bond donors (Lipinski definition) is 0. The van der Waals surface area contributed by atoms with Crippen molar-refractivity contribution < 1.29 is 0 Å². The molecule has 0 N–H and O–H groups in total. The summed E-state index contributed by atoms with van der Waals surface area (Å²) in [5, 5.41) is 8.76. The lowest BCUT2D eigenvalue weighted by Crippen LogP contribution is -2.40. The van der Waals surface area contributed by atoms with Gasteiger partial charge in [-0.15, -0.1) is 0 Å². The maximum absolute atomic E-state index is 8.76. The molecule has 0 spiro atoms. The number of hydrogen-bond acceptors (Lipinski definition) is 2. The summed E-state index contributed by atoms with van der Waals surface area (Å²) in [6.45, 7) is 6.16. The molecule has 0 aliphatic carbocycles. The molecule has 10 heavy (non-hydrogen) atoms. The summed E-state index contributed by atoms with van der Waals surface area (Å²) in [6, 6.07) is 2.31. The smallest absolute Gasteiger partial charge is 0.103 e. The van der Waals surface area contributed by atoms with E-state index in [1.165, 1.54) is 12.8 Å². The van der Waals surface area contributed by atoms with E-state index in [9.17, 15) is 0 Å². The fraction of sp³-hybridized carbons (Fsp3) is 0.875. The van der Waals surface area contributed by atoms with Crippen LogP contribution in [-0.2, 0) is 0 Å². The van der Waals surface area contributed by atoms with Crippen LogP contribution < -0.4 is 0 Å². The van der Waals surface area contributed by atoms with E-state index in [0.29, 0.717) is 0 Å². The van der Waals surface area contributed by atoms with E-state index in [2.05, 4.69) is 11.0 Å². The summed E-state index contributed by atoms with van der Waals surface area (Å²) >= 11 is 0. The van der Waals surface area contributed by atoms with Crippen LogP contribution >= 0.6 is 0 Å². The van der Waals surface area contributed by atoms with Gasteiger partial charge in [0.2, 0.25) is 0 Å². The van der Waals surface area contributed by atoms with Crippen LogP contribution in [0.4, 0.5) is 0 Å². The fourth-order valence-corrected chi connectivity index (χ4v) is 1.35. The molecule has 0 unspecified atom stereocenters. The van der Waals surface area contributed by atoms with Crippen molar-refractivity contribution in [3.8, 4) is 6.07 Å². The van der Waals surface area contributed by atoms with Gasteiger partial charge in [0.05, 0.1) is 6.07 Å². The van der Waals surface area contributed by atoms with Crippen molar-refractivity contribution >= 4 is 0 Å². The van der Waals surface area contributed by atoms with Gasteiger partial charge >= 0.3 is 0 Å². The molecule has 56 valence electrons. The summed E-state index contributed by atoms with van der Waals surface area (Å²) in [5.41, 5.74) is -0.240. The first-order valence-corrected chi connectivity index (χ1v) is 3.83. The second kappa shape index (κ2) is 2.59. The van der Waals surface area contributed by atoms with Gasteiger partial charge in [0.1, 0.15) is 5.54 Å². The van der Waals surface area contributed by atoms with Gasteiger partial charge in [-0.05, 0) is 39.8 Å². The Hall–Kier alpha value is -0.550. The van der Waals surface area contributed by atoms with Crippen molar-refractivity contribution in [3.63, 3.8) is 0 Å². The molecule has 0 aromatic carbocycles. The van der Waals surface area contributed by atoms with Gasteiger partial charge in [0.25, 0.3) is 0 Å². The Labute approximate surface area is 62.4 Å². The molecule has 2 nitrogen and oxygen atoms in total. The molecular weight excluding hydrogens is 124 g/mol. The number of rotatable bonds is 1. The van der Waals surface area contributed by atoms with Gasteiger partial charge in [0, 0.05) is 0 Å². The number of likely N-dealkylation sites (tertiary alicyclic amines) is 1. The third-order valence-electron chi connectivity index (χ3n) is 2.17. The summed E-state index contributed by atoms with van der Waals surface area (Å²) in [4.78, 5) is 2.24. The van der Waals surface area contributed by atoms with Gasteiger partial charge in [-0.25, -0.2) is 0 Å². The van der Waals surface area contributed by atoms with Crippen LogP contribution in [-0.4, -0.2) is 23.5 Å². The van der Waals surface area contributed by atoms with Crippen molar-refractivity contribution in [3.05, 3.63) is 0 Å². The average Bonchev–Trinajstić information content (AvgIpc) is 2.38. The van der Waals surface area contributed by atoms with Gasteiger partial charge in [-0.3, -0.25) is 4.90 Å². The normalized spacial score (nSPS) is 20.9. The van der Waals surface area contributed by atoms with E-state index in [1.54, 1.807) is 0 Å². The summed E-state index contributed by atoms with van der Waals surface area (Å²) in [7, 11) is 0. The third kappa shape index (κ3) is 1.30. The largest absolute Gasteiger partial charge is 0.286 e. The maximum atomic E-state index is 8.76. The van der Waals surface area contributed by atoms with Crippen molar-refractivity contribution in [2.75, 3.05) is 13.1 Å². The molecule has 1 heterocycles. The molecule has 1 rings (SSSR count). The second-order valence-corrected chi connectivity index (χ2v) is 3.36. The highest BCUT2D eigenvalue weighted by Gasteiger charge is 2.28. The Morgan fingerprint density at radius 1 is 1.30 bits per heavy atom. The standard InChI is InChI=1S/C8H14N2/c1-8(2,7-9)10-5-3-4-6-10/h3-6H2,1-2H3. The summed E-state index contributed by atoms with van der Waals surface area (Å²) in [5.74, 6) is 0. The van der Waals surface area contributed by atoms with E-state index >= 15 is 0 Å². The van der Waals surface area contributed by atoms with Crippen LogP contribution in [0.5, 0.6) is 0 Å². The third-order valence-corrected chi connectivity index (χ3v) is 2.17. The molecule has 0 saturated carbocycles. The Morgan fingerprint density at radius 2 is 1.80 bits per heavy atom. The van der Waals surface area contributed by atoms with Crippen LogP contribution in [0.1, 0.15) is 26.7 Å². The molecule has 0 amide bonds. The summed E-state index contributed by atoms with van der Waals surface area (Å²) < 4.78 is 0. The first-order valence-electron chi connectivity index (χ1n) is 3.83.